The maximum absolute atomic E-state index is 13.0. The van der Waals surface area contributed by atoms with Crippen LogP contribution in [0.5, 0.6) is 0 Å². The SMILES string of the molecule is CCCC[C@H](NC(=O)OC(c1cccc(-c2ccccc2)c1)C(C)(C)C)C(=O)C(=O)Nc1ccn[nH]1. The Bertz CT molecular complexity index is 1150. The van der Waals surface area contributed by atoms with Crippen LogP contribution in [0, 0.1) is 5.41 Å². The number of benzene rings is 2. The van der Waals surface area contributed by atoms with Crippen molar-refractivity contribution in [3.8, 4) is 11.1 Å². The molecular weight excluding hydrogens is 456 g/mol. The van der Waals surface area contributed by atoms with Gasteiger partial charge in [-0.25, -0.2) is 4.79 Å². The van der Waals surface area contributed by atoms with Crippen LogP contribution < -0.4 is 10.6 Å². The second-order valence-electron chi connectivity index (χ2n) is 9.77. The van der Waals surface area contributed by atoms with Gasteiger partial charge < -0.3 is 15.4 Å². The van der Waals surface area contributed by atoms with Crippen LogP contribution in [0.2, 0.25) is 0 Å². The molecule has 0 bridgehead atoms. The molecule has 0 radical (unpaired) electrons. The van der Waals surface area contributed by atoms with Gasteiger partial charge in [-0.15, -0.1) is 0 Å². The fourth-order valence-corrected chi connectivity index (χ4v) is 3.88. The van der Waals surface area contributed by atoms with Crippen LogP contribution in [0.1, 0.15) is 58.6 Å². The van der Waals surface area contributed by atoms with Gasteiger partial charge in [-0.3, -0.25) is 14.7 Å². The van der Waals surface area contributed by atoms with E-state index in [1.165, 1.54) is 12.3 Å². The first-order valence-corrected chi connectivity index (χ1v) is 12.2. The summed E-state index contributed by atoms with van der Waals surface area (Å²) in [5, 5.41) is 11.4. The maximum atomic E-state index is 13.0. The van der Waals surface area contributed by atoms with Crippen molar-refractivity contribution in [1.29, 1.82) is 0 Å². The molecule has 2 atom stereocenters. The molecule has 0 aliphatic rings. The number of ether oxygens (including phenoxy) is 1. The van der Waals surface area contributed by atoms with Gasteiger partial charge in [-0.1, -0.05) is 89.1 Å². The number of hydrogen-bond donors (Lipinski definition) is 3. The van der Waals surface area contributed by atoms with Crippen molar-refractivity contribution in [2.75, 3.05) is 5.32 Å². The molecular formula is C28H34N4O4. The number of aromatic nitrogens is 2. The van der Waals surface area contributed by atoms with Gasteiger partial charge in [0.25, 0.3) is 5.91 Å². The predicted molar refractivity (Wildman–Crippen MR) is 139 cm³/mol. The monoisotopic (exact) mass is 490 g/mol. The number of carbonyl (C=O) groups is 3. The second kappa shape index (κ2) is 12.2. The predicted octanol–water partition coefficient (Wildman–Crippen LogP) is 5.66. The molecule has 8 nitrogen and oxygen atoms in total. The van der Waals surface area contributed by atoms with Gasteiger partial charge in [0.15, 0.2) is 0 Å². The van der Waals surface area contributed by atoms with E-state index in [-0.39, 0.29) is 0 Å². The van der Waals surface area contributed by atoms with Gasteiger partial charge in [0.2, 0.25) is 5.78 Å². The van der Waals surface area contributed by atoms with Crippen LogP contribution in [-0.4, -0.2) is 34.0 Å². The Labute approximate surface area is 211 Å². The zero-order valence-corrected chi connectivity index (χ0v) is 21.2. The number of ketones is 1. The smallest absolute Gasteiger partial charge is 0.408 e. The molecule has 190 valence electrons. The lowest BCUT2D eigenvalue weighted by Gasteiger charge is -2.31. The number of aromatic amines is 1. The molecule has 1 aromatic heterocycles. The van der Waals surface area contributed by atoms with Crippen molar-refractivity contribution in [2.45, 2.75) is 59.1 Å². The zero-order chi connectivity index (χ0) is 26.1. The normalized spacial score (nSPS) is 12.9. The molecule has 3 N–H and O–H groups in total. The first-order chi connectivity index (χ1) is 17.2. The lowest BCUT2D eigenvalue weighted by molar-refractivity contribution is -0.136. The van der Waals surface area contributed by atoms with Crippen LogP contribution in [0.3, 0.4) is 0 Å². The largest absolute Gasteiger partial charge is 0.441 e. The number of alkyl carbamates (subject to hydrolysis) is 1. The molecule has 3 rings (SSSR count). The summed E-state index contributed by atoms with van der Waals surface area (Å²) >= 11 is 0. The van der Waals surface area contributed by atoms with E-state index >= 15 is 0 Å². The Morgan fingerprint density at radius 2 is 1.72 bits per heavy atom. The summed E-state index contributed by atoms with van der Waals surface area (Å²) in [7, 11) is 0. The van der Waals surface area contributed by atoms with Gasteiger partial charge in [0.05, 0.1) is 6.20 Å². The van der Waals surface area contributed by atoms with Crippen LogP contribution in [-0.2, 0) is 14.3 Å². The van der Waals surface area contributed by atoms with E-state index in [1.807, 2.05) is 82.3 Å². The van der Waals surface area contributed by atoms with Gasteiger partial charge in [-0.05, 0) is 29.2 Å². The molecule has 0 aliphatic carbocycles. The summed E-state index contributed by atoms with van der Waals surface area (Å²) in [6, 6.07) is 18.4. The first kappa shape index (κ1) is 26.7. The number of nitrogens with zero attached hydrogens (tertiary/aromatic N) is 1. The summed E-state index contributed by atoms with van der Waals surface area (Å²) in [6.45, 7) is 7.92. The van der Waals surface area contributed by atoms with Crippen molar-refractivity contribution in [2.24, 2.45) is 5.41 Å². The van der Waals surface area contributed by atoms with Crippen molar-refractivity contribution in [3.05, 3.63) is 72.4 Å². The molecule has 8 heteroatoms. The third kappa shape index (κ3) is 7.28. The third-order valence-electron chi connectivity index (χ3n) is 5.74. The lowest BCUT2D eigenvalue weighted by Crippen LogP contribution is -2.46. The summed E-state index contributed by atoms with van der Waals surface area (Å²) in [6.07, 6.45) is 1.93. The second-order valence-corrected chi connectivity index (χ2v) is 9.77. The van der Waals surface area contributed by atoms with E-state index in [9.17, 15) is 14.4 Å². The molecule has 0 saturated carbocycles. The number of rotatable bonds is 10. The van der Waals surface area contributed by atoms with Crippen molar-refractivity contribution >= 4 is 23.6 Å². The van der Waals surface area contributed by atoms with Crippen molar-refractivity contribution in [3.63, 3.8) is 0 Å². The Hall–Kier alpha value is -3.94. The minimum absolute atomic E-state index is 0.302. The van der Waals surface area contributed by atoms with Gasteiger partial charge in [0, 0.05) is 11.5 Å². The molecule has 0 aliphatic heterocycles. The van der Waals surface area contributed by atoms with E-state index in [0.29, 0.717) is 18.7 Å². The summed E-state index contributed by atoms with van der Waals surface area (Å²) in [5.74, 6) is -1.27. The molecule has 3 aromatic rings. The molecule has 1 unspecified atom stereocenters. The van der Waals surface area contributed by atoms with E-state index in [1.54, 1.807) is 0 Å². The average molecular weight is 491 g/mol. The molecule has 36 heavy (non-hydrogen) atoms. The molecule has 2 amide bonds. The highest BCUT2D eigenvalue weighted by atomic mass is 16.6. The van der Waals surface area contributed by atoms with E-state index in [2.05, 4.69) is 20.8 Å². The minimum Gasteiger partial charge on any atom is -0.441 e. The molecule has 0 spiro atoms. The number of carbonyl (C=O) groups excluding carboxylic acids is 3. The standard InChI is InChI=1S/C28H34N4O4/c1-5-6-15-22(24(33)26(34)31-23-16-17-29-32-23)30-27(35)36-25(28(2,3)4)21-14-10-13-20(18-21)19-11-8-7-9-12-19/h7-14,16-18,22,25H,5-6,15H2,1-4H3,(H,30,35)(H2,29,31,32,34)/t22-,25?/m0/s1. The number of amides is 2. The van der Waals surface area contributed by atoms with Gasteiger partial charge in [0.1, 0.15) is 18.0 Å². The third-order valence-corrected chi connectivity index (χ3v) is 5.74. The van der Waals surface area contributed by atoms with Crippen molar-refractivity contribution < 1.29 is 19.1 Å². The molecule has 1 heterocycles. The zero-order valence-electron chi connectivity index (χ0n) is 21.2. The summed E-state index contributed by atoms with van der Waals surface area (Å²) < 4.78 is 5.89. The van der Waals surface area contributed by atoms with Crippen LogP contribution in [0.25, 0.3) is 11.1 Å². The molecule has 0 fully saturated rings. The fraction of sp³-hybridized carbons (Fsp3) is 0.357. The Morgan fingerprint density at radius 1 is 1.00 bits per heavy atom. The van der Waals surface area contributed by atoms with Gasteiger partial charge >= 0.3 is 6.09 Å². The Balaban J connectivity index is 1.76. The van der Waals surface area contributed by atoms with Crippen LogP contribution in [0.15, 0.2) is 66.9 Å². The minimum atomic E-state index is -1.00. The highest BCUT2D eigenvalue weighted by molar-refractivity contribution is 6.42. The number of hydrogen-bond acceptors (Lipinski definition) is 5. The highest BCUT2D eigenvalue weighted by Gasteiger charge is 2.33. The lowest BCUT2D eigenvalue weighted by atomic mass is 9.84. The van der Waals surface area contributed by atoms with Gasteiger partial charge in [-0.2, -0.15) is 5.10 Å². The number of unbranched alkanes of at least 4 members (excludes halogenated alkanes) is 1. The first-order valence-electron chi connectivity index (χ1n) is 12.2. The van der Waals surface area contributed by atoms with E-state index in [0.717, 1.165) is 23.1 Å². The Kier molecular flexibility index (Phi) is 9.00. The number of nitrogens with one attached hydrogen (secondary N) is 3. The summed E-state index contributed by atoms with van der Waals surface area (Å²) in [5.41, 5.74) is 2.49. The molecule has 0 saturated heterocycles. The molecule has 2 aromatic carbocycles. The maximum Gasteiger partial charge on any atom is 0.408 e. The number of Topliss-reactive ketones (excluding diaryl/α,β-unsaturated/α-hetero) is 1. The summed E-state index contributed by atoms with van der Waals surface area (Å²) in [4.78, 5) is 38.3. The Morgan fingerprint density at radius 3 is 2.36 bits per heavy atom. The number of H-pyrrole nitrogens is 1. The van der Waals surface area contributed by atoms with Crippen molar-refractivity contribution in [1.82, 2.24) is 15.5 Å². The van der Waals surface area contributed by atoms with Crippen LogP contribution >= 0.6 is 0 Å². The fourth-order valence-electron chi connectivity index (χ4n) is 3.88. The average Bonchev–Trinajstić information content (AvgIpc) is 3.37. The van der Waals surface area contributed by atoms with E-state index < -0.39 is 35.3 Å². The quantitative estimate of drug-likeness (QED) is 0.318. The number of anilines is 1. The van der Waals surface area contributed by atoms with E-state index in [4.69, 9.17) is 4.74 Å². The van der Waals surface area contributed by atoms with Crippen LogP contribution in [0.4, 0.5) is 10.6 Å². The topological polar surface area (TPSA) is 113 Å². The highest BCUT2D eigenvalue weighted by Crippen LogP contribution is 2.37.